The van der Waals surface area contributed by atoms with E-state index in [9.17, 15) is 0 Å². The predicted molar refractivity (Wildman–Crippen MR) is 120 cm³/mol. The molecular formula is C20H29IN4O2. The van der Waals surface area contributed by atoms with Gasteiger partial charge in [-0.15, -0.1) is 24.0 Å². The number of rotatable bonds is 9. The molecule has 0 radical (unpaired) electrons. The van der Waals surface area contributed by atoms with E-state index >= 15 is 0 Å². The molecule has 0 spiro atoms. The number of halogens is 1. The maximum atomic E-state index is 5.67. The third kappa shape index (κ3) is 8.13. The van der Waals surface area contributed by atoms with E-state index in [4.69, 9.17) is 9.47 Å². The molecule has 0 bridgehead atoms. The van der Waals surface area contributed by atoms with Gasteiger partial charge >= 0.3 is 0 Å². The van der Waals surface area contributed by atoms with Gasteiger partial charge in [-0.3, -0.25) is 0 Å². The van der Waals surface area contributed by atoms with Gasteiger partial charge in [0.1, 0.15) is 6.61 Å². The zero-order valence-corrected chi connectivity index (χ0v) is 18.5. The second-order valence-corrected chi connectivity index (χ2v) is 5.78. The Bertz CT molecular complexity index is 710. The van der Waals surface area contributed by atoms with Crippen LogP contribution in [-0.2, 0) is 17.8 Å². The Morgan fingerprint density at radius 2 is 1.85 bits per heavy atom. The third-order valence-electron chi connectivity index (χ3n) is 3.84. The van der Waals surface area contributed by atoms with Crippen molar-refractivity contribution in [1.82, 2.24) is 15.6 Å². The van der Waals surface area contributed by atoms with Crippen LogP contribution in [0.2, 0.25) is 0 Å². The summed E-state index contributed by atoms with van der Waals surface area (Å²) in [6.07, 6.45) is 1.72. The van der Waals surface area contributed by atoms with Crippen LogP contribution in [-0.4, -0.2) is 37.8 Å². The van der Waals surface area contributed by atoms with Gasteiger partial charge in [-0.2, -0.15) is 0 Å². The minimum absolute atomic E-state index is 0. The number of hydrogen-bond acceptors (Lipinski definition) is 4. The van der Waals surface area contributed by atoms with Gasteiger partial charge in [0.2, 0.25) is 5.88 Å². The van der Waals surface area contributed by atoms with Gasteiger partial charge in [-0.1, -0.05) is 30.3 Å². The molecule has 6 nitrogen and oxygen atoms in total. The number of nitrogens with one attached hydrogen (secondary N) is 2. The normalized spacial score (nSPS) is 10.9. The van der Waals surface area contributed by atoms with E-state index in [1.807, 2.05) is 31.2 Å². The largest absolute Gasteiger partial charge is 0.475 e. The molecule has 0 fully saturated rings. The van der Waals surface area contributed by atoms with Crippen LogP contribution in [0.3, 0.4) is 0 Å². The van der Waals surface area contributed by atoms with Gasteiger partial charge in [-0.05, 0) is 31.0 Å². The molecule has 27 heavy (non-hydrogen) atoms. The molecule has 0 saturated heterocycles. The quantitative estimate of drug-likeness (QED) is 0.248. The number of guanidine groups is 1. The molecule has 1 aromatic carbocycles. The molecule has 0 atom stereocenters. The fourth-order valence-corrected chi connectivity index (χ4v) is 2.39. The van der Waals surface area contributed by atoms with Crippen molar-refractivity contribution < 1.29 is 9.47 Å². The van der Waals surface area contributed by atoms with E-state index in [1.54, 1.807) is 13.3 Å². The highest BCUT2D eigenvalue weighted by molar-refractivity contribution is 14.0. The standard InChI is InChI=1S/C20H28N4O2.HI/c1-4-21-20(23-14-17-9-6-5-8-16(17)2)24-15-18-10-7-11-22-19(18)26-13-12-25-3;/h5-11H,4,12-15H2,1-3H3,(H2,21,23,24);1H. The lowest BCUT2D eigenvalue weighted by Gasteiger charge is -2.13. The Kier molecular flexibility index (Phi) is 11.4. The minimum Gasteiger partial charge on any atom is -0.475 e. The number of pyridine rings is 1. The van der Waals surface area contributed by atoms with Crippen molar-refractivity contribution in [2.75, 3.05) is 26.9 Å². The monoisotopic (exact) mass is 484 g/mol. The number of benzene rings is 1. The number of aromatic nitrogens is 1. The summed E-state index contributed by atoms with van der Waals surface area (Å²) in [5.74, 6) is 1.37. The topological polar surface area (TPSA) is 67.8 Å². The van der Waals surface area contributed by atoms with Gasteiger partial charge in [0, 0.05) is 32.0 Å². The SMILES string of the molecule is CCNC(=NCc1cccnc1OCCOC)NCc1ccccc1C.I. The van der Waals surface area contributed by atoms with Crippen LogP contribution in [0.5, 0.6) is 5.88 Å². The van der Waals surface area contributed by atoms with E-state index in [2.05, 4.69) is 39.7 Å². The van der Waals surface area contributed by atoms with E-state index in [0.717, 1.165) is 24.6 Å². The minimum atomic E-state index is 0. The van der Waals surface area contributed by atoms with Crippen LogP contribution in [0.25, 0.3) is 0 Å². The van der Waals surface area contributed by atoms with Crippen LogP contribution < -0.4 is 15.4 Å². The third-order valence-corrected chi connectivity index (χ3v) is 3.84. The molecule has 0 aliphatic heterocycles. The van der Waals surface area contributed by atoms with Gasteiger partial charge in [-0.25, -0.2) is 9.98 Å². The van der Waals surface area contributed by atoms with E-state index in [-0.39, 0.29) is 24.0 Å². The van der Waals surface area contributed by atoms with Gasteiger partial charge in [0.25, 0.3) is 0 Å². The zero-order valence-electron chi connectivity index (χ0n) is 16.2. The number of ether oxygens (including phenoxy) is 2. The average Bonchev–Trinajstić information content (AvgIpc) is 2.66. The van der Waals surface area contributed by atoms with E-state index in [0.29, 0.717) is 25.6 Å². The molecule has 7 heteroatoms. The van der Waals surface area contributed by atoms with Crippen molar-refractivity contribution in [2.24, 2.45) is 4.99 Å². The molecular weight excluding hydrogens is 455 g/mol. The molecule has 0 unspecified atom stereocenters. The molecule has 0 aliphatic rings. The highest BCUT2D eigenvalue weighted by Gasteiger charge is 2.06. The molecule has 0 aliphatic carbocycles. The van der Waals surface area contributed by atoms with Gasteiger partial charge in [0.05, 0.1) is 13.2 Å². The van der Waals surface area contributed by atoms with Crippen LogP contribution in [0, 0.1) is 6.92 Å². The number of methoxy groups -OCH3 is 1. The van der Waals surface area contributed by atoms with Crippen molar-refractivity contribution in [3.05, 3.63) is 59.3 Å². The fourth-order valence-electron chi connectivity index (χ4n) is 2.39. The van der Waals surface area contributed by atoms with Crippen LogP contribution >= 0.6 is 24.0 Å². The van der Waals surface area contributed by atoms with E-state index in [1.165, 1.54) is 11.1 Å². The predicted octanol–water partition coefficient (Wildman–Crippen LogP) is 3.29. The van der Waals surface area contributed by atoms with E-state index < -0.39 is 0 Å². The van der Waals surface area contributed by atoms with Crippen LogP contribution in [0.4, 0.5) is 0 Å². The molecule has 0 amide bonds. The van der Waals surface area contributed by atoms with Gasteiger partial charge in [0.15, 0.2) is 5.96 Å². The summed E-state index contributed by atoms with van der Waals surface area (Å²) < 4.78 is 10.7. The first kappa shape index (κ1) is 23.2. The molecule has 2 rings (SSSR count). The second kappa shape index (κ2) is 13.3. The average molecular weight is 484 g/mol. The van der Waals surface area contributed by atoms with Crippen molar-refractivity contribution in [3.8, 4) is 5.88 Å². The Hall–Kier alpha value is -1.87. The lowest BCUT2D eigenvalue weighted by Crippen LogP contribution is -2.36. The Balaban J connectivity index is 0.00000364. The highest BCUT2D eigenvalue weighted by Crippen LogP contribution is 2.15. The maximum absolute atomic E-state index is 5.67. The fraction of sp³-hybridized carbons (Fsp3) is 0.400. The molecule has 1 heterocycles. The van der Waals surface area contributed by atoms with Crippen molar-refractivity contribution in [3.63, 3.8) is 0 Å². The first-order valence-corrected chi connectivity index (χ1v) is 8.87. The lowest BCUT2D eigenvalue weighted by atomic mass is 10.1. The van der Waals surface area contributed by atoms with Crippen molar-refractivity contribution >= 4 is 29.9 Å². The molecule has 0 saturated carbocycles. The molecule has 2 N–H and O–H groups in total. The van der Waals surface area contributed by atoms with Gasteiger partial charge < -0.3 is 20.1 Å². The Morgan fingerprint density at radius 3 is 2.59 bits per heavy atom. The smallest absolute Gasteiger partial charge is 0.218 e. The number of aryl methyl sites for hydroxylation is 1. The number of hydrogen-bond donors (Lipinski definition) is 2. The molecule has 2 aromatic rings. The summed E-state index contributed by atoms with van der Waals surface area (Å²) in [5, 5.41) is 6.65. The molecule has 148 valence electrons. The maximum Gasteiger partial charge on any atom is 0.218 e. The van der Waals surface area contributed by atoms with Crippen LogP contribution in [0.1, 0.15) is 23.6 Å². The van der Waals surface area contributed by atoms with Crippen molar-refractivity contribution in [2.45, 2.75) is 26.9 Å². The second-order valence-electron chi connectivity index (χ2n) is 5.78. The lowest BCUT2D eigenvalue weighted by molar-refractivity contribution is 0.143. The Labute approximate surface area is 178 Å². The number of nitrogens with zero attached hydrogens (tertiary/aromatic N) is 2. The summed E-state index contributed by atoms with van der Waals surface area (Å²) in [7, 11) is 1.65. The summed E-state index contributed by atoms with van der Waals surface area (Å²) >= 11 is 0. The summed E-state index contributed by atoms with van der Waals surface area (Å²) in [5.41, 5.74) is 3.46. The summed E-state index contributed by atoms with van der Waals surface area (Å²) in [6.45, 7) is 7.16. The first-order valence-electron chi connectivity index (χ1n) is 8.87. The zero-order chi connectivity index (χ0) is 18.6. The van der Waals surface area contributed by atoms with Crippen molar-refractivity contribution in [1.29, 1.82) is 0 Å². The molecule has 1 aromatic heterocycles. The summed E-state index contributed by atoms with van der Waals surface area (Å²) in [6, 6.07) is 12.2. The van der Waals surface area contributed by atoms with Crippen LogP contribution in [0.15, 0.2) is 47.6 Å². The number of aliphatic imine (C=N–C) groups is 1. The highest BCUT2D eigenvalue weighted by atomic mass is 127. The Morgan fingerprint density at radius 1 is 1.07 bits per heavy atom. The summed E-state index contributed by atoms with van der Waals surface area (Å²) in [4.78, 5) is 8.95. The first-order chi connectivity index (χ1) is 12.7.